The summed E-state index contributed by atoms with van der Waals surface area (Å²) in [4.78, 5) is 16.3. The lowest BCUT2D eigenvalue weighted by atomic mass is 10.1. The van der Waals surface area contributed by atoms with Gasteiger partial charge in [-0.25, -0.2) is 0 Å². The van der Waals surface area contributed by atoms with E-state index in [0.717, 1.165) is 47.3 Å². The molecule has 0 saturated heterocycles. The van der Waals surface area contributed by atoms with Gasteiger partial charge in [0.15, 0.2) is 10.3 Å². The van der Waals surface area contributed by atoms with Crippen molar-refractivity contribution in [3.8, 4) is 0 Å². The number of unbranched alkanes of at least 4 members (excludes halogenated alkanes) is 11. The predicted octanol–water partition coefficient (Wildman–Crippen LogP) is 7.53. The van der Waals surface area contributed by atoms with Gasteiger partial charge in [-0.3, -0.25) is 0 Å². The number of hydrogen-bond acceptors (Lipinski definition) is 7. The van der Waals surface area contributed by atoms with Gasteiger partial charge in [0.05, 0.1) is 0 Å². The maximum Gasteiger partial charge on any atom is 0.227 e. The first kappa shape index (κ1) is 29.5. The van der Waals surface area contributed by atoms with Gasteiger partial charge in [-0.05, 0) is 39.9 Å². The van der Waals surface area contributed by atoms with Crippen molar-refractivity contribution in [2.75, 3.05) is 44.0 Å². The maximum atomic E-state index is 4.74. The molecule has 186 valence electrons. The molecule has 1 N–H and O–H groups in total. The number of nitrogens with zero attached hydrogens (tertiary/aromatic N) is 4. The third-order valence-corrected chi connectivity index (χ3v) is 7.23. The summed E-state index contributed by atoms with van der Waals surface area (Å²) in [6.07, 6.45) is 18.5. The molecule has 0 bridgehead atoms. The highest BCUT2D eigenvalue weighted by atomic mass is 32.2. The van der Waals surface area contributed by atoms with E-state index in [4.69, 9.17) is 4.98 Å². The van der Waals surface area contributed by atoms with Crippen LogP contribution in [-0.2, 0) is 0 Å². The Bertz CT molecular complexity index is 557. The van der Waals surface area contributed by atoms with Gasteiger partial charge in [-0.15, -0.1) is 0 Å². The summed E-state index contributed by atoms with van der Waals surface area (Å²) in [6.45, 7) is 6.50. The zero-order chi connectivity index (χ0) is 23.3. The number of thioether (sulfide) groups is 2. The van der Waals surface area contributed by atoms with E-state index in [2.05, 4.69) is 48.1 Å². The molecule has 0 aliphatic carbocycles. The Labute approximate surface area is 207 Å². The Morgan fingerprint density at radius 1 is 0.625 bits per heavy atom. The molecule has 0 radical (unpaired) electrons. The third-order valence-electron chi connectivity index (χ3n) is 5.37. The lowest BCUT2D eigenvalue weighted by Gasteiger charge is -2.11. The number of aromatic nitrogens is 3. The molecule has 0 atom stereocenters. The maximum absolute atomic E-state index is 4.74. The zero-order valence-corrected chi connectivity index (χ0v) is 23.0. The summed E-state index contributed by atoms with van der Waals surface area (Å²) in [6, 6.07) is 0. The molecule has 1 aromatic rings. The van der Waals surface area contributed by atoms with Crippen LogP contribution in [0.5, 0.6) is 0 Å². The summed E-state index contributed by atoms with van der Waals surface area (Å²) in [5, 5.41) is 5.17. The fourth-order valence-corrected chi connectivity index (χ4v) is 5.13. The van der Waals surface area contributed by atoms with E-state index in [1.807, 2.05) is 0 Å². The highest BCUT2D eigenvalue weighted by Crippen LogP contribution is 2.22. The largest absolute Gasteiger partial charge is 0.354 e. The Morgan fingerprint density at radius 3 is 1.59 bits per heavy atom. The summed E-state index contributed by atoms with van der Waals surface area (Å²) in [7, 11) is 4.22. The molecular formula is C25H49N5S2. The second-order valence-electron chi connectivity index (χ2n) is 8.89. The van der Waals surface area contributed by atoms with Crippen molar-refractivity contribution in [3.05, 3.63) is 0 Å². The molecule has 1 rings (SSSR count). The minimum atomic E-state index is 0.740. The fraction of sp³-hybridized carbons (Fsp3) is 0.880. The Morgan fingerprint density at radius 2 is 1.09 bits per heavy atom. The van der Waals surface area contributed by atoms with Crippen molar-refractivity contribution < 1.29 is 0 Å². The predicted molar refractivity (Wildman–Crippen MR) is 144 cm³/mol. The number of nitrogens with one attached hydrogen (secondary N) is 1. The van der Waals surface area contributed by atoms with Crippen LogP contribution in [0, 0.1) is 0 Å². The summed E-state index contributed by atoms with van der Waals surface area (Å²) >= 11 is 3.57. The lowest BCUT2D eigenvalue weighted by molar-refractivity contribution is 0.405. The molecule has 7 heteroatoms. The average Bonchev–Trinajstić information content (AvgIpc) is 2.78. The highest BCUT2D eigenvalue weighted by Gasteiger charge is 2.08. The van der Waals surface area contributed by atoms with Gasteiger partial charge in [0, 0.05) is 18.1 Å². The fourth-order valence-electron chi connectivity index (χ4n) is 3.41. The van der Waals surface area contributed by atoms with E-state index in [1.54, 1.807) is 23.5 Å². The van der Waals surface area contributed by atoms with Crippen molar-refractivity contribution in [1.29, 1.82) is 0 Å². The summed E-state index contributed by atoms with van der Waals surface area (Å²) < 4.78 is 0. The van der Waals surface area contributed by atoms with E-state index in [1.165, 1.54) is 83.5 Å². The number of anilines is 1. The summed E-state index contributed by atoms with van der Waals surface area (Å²) in [5.41, 5.74) is 0. The normalized spacial score (nSPS) is 11.4. The first-order valence-electron chi connectivity index (χ1n) is 13.1. The average molecular weight is 484 g/mol. The number of hydrogen-bond donors (Lipinski definition) is 1. The first-order chi connectivity index (χ1) is 15.7. The van der Waals surface area contributed by atoms with Crippen LogP contribution >= 0.6 is 23.5 Å². The molecule has 32 heavy (non-hydrogen) atoms. The molecule has 1 aromatic heterocycles. The van der Waals surface area contributed by atoms with Gasteiger partial charge in [-0.2, -0.15) is 15.0 Å². The van der Waals surface area contributed by atoms with Gasteiger partial charge >= 0.3 is 0 Å². The van der Waals surface area contributed by atoms with E-state index in [9.17, 15) is 0 Å². The van der Waals surface area contributed by atoms with Gasteiger partial charge in [0.25, 0.3) is 0 Å². The Balaban J connectivity index is 2.39. The molecular weight excluding hydrogens is 434 g/mol. The van der Waals surface area contributed by atoms with E-state index in [-0.39, 0.29) is 0 Å². The zero-order valence-electron chi connectivity index (χ0n) is 21.3. The lowest BCUT2D eigenvalue weighted by Crippen LogP contribution is -2.17. The first-order valence-corrected chi connectivity index (χ1v) is 15.0. The van der Waals surface area contributed by atoms with Gasteiger partial charge in [0.1, 0.15) is 0 Å². The second kappa shape index (κ2) is 21.0. The quantitative estimate of drug-likeness (QED) is 0.135. The topological polar surface area (TPSA) is 53.9 Å². The molecule has 1 heterocycles. The minimum absolute atomic E-state index is 0.740. The van der Waals surface area contributed by atoms with Crippen LogP contribution in [-0.4, -0.2) is 58.5 Å². The van der Waals surface area contributed by atoms with Crippen molar-refractivity contribution >= 4 is 29.5 Å². The van der Waals surface area contributed by atoms with Crippen LogP contribution in [0.2, 0.25) is 0 Å². The molecule has 0 spiro atoms. The Hall–Kier alpha value is -0.530. The Kier molecular flexibility index (Phi) is 19.4. The summed E-state index contributed by atoms with van der Waals surface area (Å²) in [5.74, 6) is 2.93. The molecule has 0 amide bonds. The highest BCUT2D eigenvalue weighted by molar-refractivity contribution is 7.99. The monoisotopic (exact) mass is 483 g/mol. The van der Waals surface area contributed by atoms with Crippen molar-refractivity contribution in [1.82, 2.24) is 19.9 Å². The van der Waals surface area contributed by atoms with Crippen molar-refractivity contribution in [2.24, 2.45) is 0 Å². The molecule has 0 aliphatic rings. The molecule has 0 aromatic carbocycles. The van der Waals surface area contributed by atoms with Gasteiger partial charge in [-0.1, -0.05) is 108 Å². The minimum Gasteiger partial charge on any atom is -0.354 e. The number of rotatable bonds is 22. The van der Waals surface area contributed by atoms with Gasteiger partial charge < -0.3 is 10.2 Å². The third kappa shape index (κ3) is 17.0. The standard InChI is InChI=1S/C25H49N5S2/c1-5-7-9-11-12-13-14-15-17-22-32-25-28-23(26-19-18-20-30(3)4)27-24(29-25)31-21-16-10-8-6-2/h5-22H2,1-4H3,(H,26,27,28,29). The van der Waals surface area contributed by atoms with Crippen LogP contribution in [0.3, 0.4) is 0 Å². The van der Waals surface area contributed by atoms with Crippen LogP contribution in [0.1, 0.15) is 104 Å². The van der Waals surface area contributed by atoms with Crippen LogP contribution in [0.25, 0.3) is 0 Å². The molecule has 5 nitrogen and oxygen atoms in total. The van der Waals surface area contributed by atoms with E-state index in [0.29, 0.717) is 0 Å². The van der Waals surface area contributed by atoms with Crippen LogP contribution < -0.4 is 5.32 Å². The van der Waals surface area contributed by atoms with E-state index >= 15 is 0 Å². The molecule has 0 aliphatic heterocycles. The van der Waals surface area contributed by atoms with Crippen LogP contribution in [0.4, 0.5) is 5.95 Å². The molecule has 0 fully saturated rings. The van der Waals surface area contributed by atoms with Gasteiger partial charge in [0.2, 0.25) is 5.95 Å². The molecule has 0 saturated carbocycles. The van der Waals surface area contributed by atoms with Crippen molar-refractivity contribution in [3.63, 3.8) is 0 Å². The van der Waals surface area contributed by atoms with E-state index < -0.39 is 0 Å². The molecule has 0 unspecified atom stereocenters. The smallest absolute Gasteiger partial charge is 0.227 e. The van der Waals surface area contributed by atoms with Crippen molar-refractivity contribution in [2.45, 2.75) is 114 Å². The second-order valence-corrected chi connectivity index (χ2v) is 11.0. The SMILES string of the molecule is CCCCCCCCCCCSc1nc(NCCCN(C)C)nc(SCCCCCC)n1. The van der Waals surface area contributed by atoms with Crippen LogP contribution in [0.15, 0.2) is 10.3 Å².